The topological polar surface area (TPSA) is 64.4 Å². The summed E-state index contributed by atoms with van der Waals surface area (Å²) >= 11 is 0. The van der Waals surface area contributed by atoms with Crippen molar-refractivity contribution in [3.63, 3.8) is 0 Å². The quantitative estimate of drug-likeness (QED) is 0.585. The third-order valence-corrected chi connectivity index (χ3v) is 5.69. The van der Waals surface area contributed by atoms with Crippen molar-refractivity contribution < 1.29 is 22.7 Å². The van der Waals surface area contributed by atoms with E-state index in [1.165, 1.54) is 10.6 Å². The number of halogens is 3. The van der Waals surface area contributed by atoms with Crippen molar-refractivity contribution in [2.24, 2.45) is 0 Å². The minimum Gasteiger partial charge on any atom is -0.375 e. The zero-order valence-corrected chi connectivity index (χ0v) is 18.1. The van der Waals surface area contributed by atoms with E-state index in [1.807, 2.05) is 37.3 Å². The number of aromatic nitrogens is 2. The fourth-order valence-electron chi connectivity index (χ4n) is 3.99. The van der Waals surface area contributed by atoms with Gasteiger partial charge in [0.25, 0.3) is 5.56 Å². The largest absolute Gasteiger partial charge is 0.416 e. The summed E-state index contributed by atoms with van der Waals surface area (Å²) in [6.07, 6.45) is -4.50. The van der Waals surface area contributed by atoms with Crippen LogP contribution in [-0.4, -0.2) is 46.2 Å². The van der Waals surface area contributed by atoms with Gasteiger partial charge in [0.2, 0.25) is 5.91 Å². The number of alkyl halides is 3. The zero-order chi connectivity index (χ0) is 23.6. The molecule has 0 aliphatic carbocycles. The summed E-state index contributed by atoms with van der Waals surface area (Å²) in [5.74, 6) is -0.134. The van der Waals surface area contributed by atoms with Crippen molar-refractivity contribution in [2.45, 2.75) is 38.6 Å². The second-order valence-corrected chi connectivity index (χ2v) is 8.16. The van der Waals surface area contributed by atoms with E-state index >= 15 is 0 Å². The molecule has 0 bridgehead atoms. The highest BCUT2D eigenvalue weighted by atomic mass is 19.4. The molecule has 2 aromatic carbocycles. The third kappa shape index (κ3) is 5.24. The van der Waals surface area contributed by atoms with Crippen LogP contribution in [-0.2, 0) is 28.7 Å². The Bertz CT molecular complexity index is 1210. The predicted octanol–water partition coefficient (Wildman–Crippen LogP) is 3.64. The monoisotopic (exact) mass is 459 g/mol. The predicted molar refractivity (Wildman–Crippen MR) is 117 cm³/mol. The molecule has 2 heterocycles. The summed E-state index contributed by atoms with van der Waals surface area (Å²) in [6, 6.07) is 12.4. The highest BCUT2D eigenvalue weighted by Gasteiger charge is 2.31. The van der Waals surface area contributed by atoms with Crippen LogP contribution in [0.1, 0.15) is 30.2 Å². The summed E-state index contributed by atoms with van der Waals surface area (Å²) in [4.78, 5) is 31.8. The van der Waals surface area contributed by atoms with Crippen LogP contribution >= 0.6 is 0 Å². The summed E-state index contributed by atoms with van der Waals surface area (Å²) in [6.45, 7) is 3.46. The van der Waals surface area contributed by atoms with Crippen molar-refractivity contribution in [3.8, 4) is 0 Å². The van der Waals surface area contributed by atoms with Crippen LogP contribution in [0.15, 0.2) is 53.3 Å². The minimum absolute atomic E-state index is 0.0460. The van der Waals surface area contributed by atoms with Crippen LogP contribution in [0, 0.1) is 0 Å². The van der Waals surface area contributed by atoms with E-state index in [9.17, 15) is 22.8 Å². The van der Waals surface area contributed by atoms with Gasteiger partial charge in [-0.15, -0.1) is 0 Å². The first-order chi connectivity index (χ1) is 15.7. The average molecular weight is 459 g/mol. The number of hydrogen-bond acceptors (Lipinski definition) is 4. The number of carbonyl (C=O) groups excluding carboxylic acids is 1. The molecule has 0 spiro atoms. The van der Waals surface area contributed by atoms with Crippen LogP contribution in [0.2, 0.25) is 0 Å². The van der Waals surface area contributed by atoms with Gasteiger partial charge in [0.15, 0.2) is 0 Å². The number of hydrogen-bond donors (Lipinski definition) is 0. The van der Waals surface area contributed by atoms with Crippen molar-refractivity contribution in [3.05, 3.63) is 75.7 Å². The number of ether oxygens (including phenoxy) is 1. The lowest BCUT2D eigenvalue weighted by atomic mass is 10.1. The Morgan fingerprint density at radius 1 is 1.18 bits per heavy atom. The first kappa shape index (κ1) is 23.0. The molecule has 0 unspecified atom stereocenters. The molecule has 174 valence electrons. The van der Waals surface area contributed by atoms with Crippen LogP contribution in [0.25, 0.3) is 11.0 Å². The smallest absolute Gasteiger partial charge is 0.375 e. The lowest BCUT2D eigenvalue weighted by molar-refractivity contribution is -0.138. The molecule has 0 radical (unpaired) electrons. The fourth-order valence-corrected chi connectivity index (χ4v) is 3.99. The second-order valence-electron chi connectivity index (χ2n) is 8.16. The van der Waals surface area contributed by atoms with Gasteiger partial charge in [-0.05, 0) is 30.7 Å². The molecule has 4 rings (SSSR count). The number of amides is 1. The van der Waals surface area contributed by atoms with Crippen LogP contribution < -0.4 is 5.56 Å². The molecular weight excluding hydrogens is 435 g/mol. The first-order valence-electron chi connectivity index (χ1n) is 10.8. The van der Waals surface area contributed by atoms with Crippen molar-refractivity contribution in [1.29, 1.82) is 0 Å². The third-order valence-electron chi connectivity index (χ3n) is 5.69. The highest BCUT2D eigenvalue weighted by Crippen LogP contribution is 2.31. The lowest BCUT2D eigenvalue weighted by Gasteiger charge is -2.31. The molecule has 6 nitrogen and oxygen atoms in total. The Labute approximate surface area is 188 Å². The van der Waals surface area contributed by atoms with Gasteiger partial charge >= 0.3 is 6.18 Å². The van der Waals surface area contributed by atoms with E-state index in [4.69, 9.17) is 4.74 Å². The molecular formula is C24H24F3N3O3. The fraction of sp³-hybridized carbons (Fsp3) is 0.375. The van der Waals surface area contributed by atoms with Gasteiger partial charge in [0.1, 0.15) is 5.69 Å². The average Bonchev–Trinajstić information content (AvgIpc) is 2.79. The standard InChI is InChI=1S/C24H24F3N3O3/c1-16-14-29(11-12-33-16)22(31)10-8-19-23(32)30(15-17-5-3-2-4-6-17)21-9-7-18(24(25,26)27)13-20(21)28-19/h2-7,9,13,16H,8,10-12,14-15H2,1H3/t16-/m1/s1. The van der Waals surface area contributed by atoms with Gasteiger partial charge in [-0.3, -0.25) is 9.59 Å². The van der Waals surface area contributed by atoms with Crippen LogP contribution in [0.5, 0.6) is 0 Å². The molecule has 1 aromatic heterocycles. The highest BCUT2D eigenvalue weighted by molar-refractivity contribution is 5.77. The normalized spacial score (nSPS) is 16.8. The maximum Gasteiger partial charge on any atom is 0.416 e. The lowest BCUT2D eigenvalue weighted by Crippen LogP contribution is -2.44. The maximum atomic E-state index is 13.3. The molecule has 1 aliphatic heterocycles. The van der Waals surface area contributed by atoms with Crippen LogP contribution in [0.3, 0.4) is 0 Å². The Balaban J connectivity index is 1.69. The van der Waals surface area contributed by atoms with Gasteiger partial charge in [0, 0.05) is 25.9 Å². The van der Waals surface area contributed by atoms with E-state index in [0.29, 0.717) is 25.2 Å². The Morgan fingerprint density at radius 3 is 2.64 bits per heavy atom. The molecule has 3 aromatic rings. The number of nitrogens with zero attached hydrogens (tertiary/aromatic N) is 3. The van der Waals surface area contributed by atoms with Crippen molar-refractivity contribution in [2.75, 3.05) is 19.7 Å². The molecule has 0 N–H and O–H groups in total. The van der Waals surface area contributed by atoms with E-state index in [1.54, 1.807) is 4.90 Å². The SMILES string of the molecule is C[C@@H]1CN(C(=O)CCc2nc3cc(C(F)(F)F)ccc3n(Cc3ccccc3)c2=O)CCO1. The molecule has 1 amide bonds. The van der Waals surface area contributed by atoms with Crippen LogP contribution in [0.4, 0.5) is 13.2 Å². The molecule has 33 heavy (non-hydrogen) atoms. The number of fused-ring (bicyclic) bond motifs is 1. The van der Waals surface area contributed by atoms with Crippen molar-refractivity contribution in [1.82, 2.24) is 14.5 Å². The minimum atomic E-state index is -4.53. The van der Waals surface area contributed by atoms with Gasteiger partial charge < -0.3 is 14.2 Å². The molecule has 1 atom stereocenters. The number of benzene rings is 2. The van der Waals surface area contributed by atoms with Gasteiger partial charge in [-0.25, -0.2) is 4.98 Å². The molecule has 1 saturated heterocycles. The van der Waals surface area contributed by atoms with Gasteiger partial charge in [-0.2, -0.15) is 13.2 Å². The van der Waals surface area contributed by atoms with E-state index < -0.39 is 17.3 Å². The maximum absolute atomic E-state index is 13.3. The summed E-state index contributed by atoms with van der Waals surface area (Å²) in [5, 5.41) is 0. The van der Waals surface area contributed by atoms with Gasteiger partial charge in [0.05, 0.1) is 35.9 Å². The molecule has 0 saturated carbocycles. The number of aryl methyl sites for hydroxylation is 1. The summed E-state index contributed by atoms with van der Waals surface area (Å²) in [7, 11) is 0. The molecule has 1 aliphatic rings. The Morgan fingerprint density at radius 2 is 1.94 bits per heavy atom. The van der Waals surface area contributed by atoms with Crippen molar-refractivity contribution >= 4 is 16.9 Å². The Kier molecular flexibility index (Phi) is 6.51. The zero-order valence-electron chi connectivity index (χ0n) is 18.1. The van der Waals surface area contributed by atoms with Gasteiger partial charge in [-0.1, -0.05) is 30.3 Å². The number of rotatable bonds is 5. The van der Waals surface area contributed by atoms with E-state index in [0.717, 1.165) is 17.7 Å². The summed E-state index contributed by atoms with van der Waals surface area (Å²) in [5.41, 5.74) is 0.0477. The number of morpholine rings is 1. The summed E-state index contributed by atoms with van der Waals surface area (Å²) < 4.78 is 46.7. The number of carbonyl (C=O) groups is 1. The van der Waals surface area contributed by atoms with E-state index in [-0.39, 0.29) is 42.6 Å². The van der Waals surface area contributed by atoms with E-state index in [2.05, 4.69) is 4.98 Å². The Hall–Kier alpha value is -3.20. The second kappa shape index (κ2) is 9.35. The molecule has 1 fully saturated rings. The molecule has 9 heteroatoms. The first-order valence-corrected chi connectivity index (χ1v) is 10.8.